The molecular formula is C16H17F3N4O2. The third-order valence-electron chi connectivity index (χ3n) is 4.35. The van der Waals surface area contributed by atoms with E-state index >= 15 is 4.39 Å². The van der Waals surface area contributed by atoms with Gasteiger partial charge >= 0.3 is 0 Å². The average molecular weight is 354 g/mol. The van der Waals surface area contributed by atoms with Crippen LogP contribution in [0.15, 0.2) is 30.9 Å². The summed E-state index contributed by atoms with van der Waals surface area (Å²) in [6, 6.07) is 2.18. The Kier molecular flexibility index (Phi) is 4.28. The fraction of sp³-hybridized carbons (Fsp3) is 0.438. The minimum Gasteiger partial charge on any atom is -0.379 e. The molecular weight excluding hydrogens is 337 g/mol. The Hall–Kier alpha value is -2.42. The molecule has 9 heteroatoms. The highest BCUT2D eigenvalue weighted by atomic mass is 19.1. The van der Waals surface area contributed by atoms with E-state index in [1.54, 1.807) is 0 Å². The summed E-state index contributed by atoms with van der Waals surface area (Å²) in [7, 11) is 0. The van der Waals surface area contributed by atoms with Crippen molar-refractivity contribution in [2.24, 2.45) is 0 Å². The van der Waals surface area contributed by atoms with Crippen molar-refractivity contribution in [1.29, 1.82) is 0 Å². The van der Waals surface area contributed by atoms with Crippen LogP contribution in [-0.2, 0) is 16.9 Å². The molecule has 2 aromatic rings. The van der Waals surface area contributed by atoms with E-state index in [4.69, 9.17) is 0 Å². The molecule has 25 heavy (non-hydrogen) atoms. The van der Waals surface area contributed by atoms with Gasteiger partial charge in [-0.25, -0.2) is 22.8 Å². The third kappa shape index (κ3) is 3.23. The van der Waals surface area contributed by atoms with Crippen molar-refractivity contribution in [2.75, 3.05) is 0 Å². The van der Waals surface area contributed by atoms with Gasteiger partial charge in [0, 0.05) is 17.7 Å². The number of alkyl halides is 1. The number of hydrogen-bond donors (Lipinski definition) is 2. The van der Waals surface area contributed by atoms with Crippen LogP contribution in [0, 0.1) is 11.6 Å². The molecule has 0 radical (unpaired) electrons. The second-order valence-electron chi connectivity index (χ2n) is 6.33. The van der Waals surface area contributed by atoms with Crippen LogP contribution >= 0.6 is 0 Å². The molecule has 2 atom stereocenters. The third-order valence-corrected chi connectivity index (χ3v) is 4.35. The van der Waals surface area contributed by atoms with Gasteiger partial charge in [0.05, 0.1) is 6.54 Å². The summed E-state index contributed by atoms with van der Waals surface area (Å²) in [6.45, 7) is 0.283. The first-order valence-electron chi connectivity index (χ1n) is 7.74. The second-order valence-corrected chi connectivity index (χ2v) is 6.33. The van der Waals surface area contributed by atoms with E-state index in [0.717, 1.165) is 30.1 Å². The first-order valence-corrected chi connectivity index (χ1v) is 7.74. The lowest BCUT2D eigenvalue weighted by molar-refractivity contribution is -0.160. The van der Waals surface area contributed by atoms with Crippen molar-refractivity contribution in [3.8, 4) is 0 Å². The van der Waals surface area contributed by atoms with E-state index in [9.17, 15) is 18.7 Å². The molecule has 0 saturated heterocycles. The zero-order valence-corrected chi connectivity index (χ0v) is 13.4. The van der Waals surface area contributed by atoms with Gasteiger partial charge < -0.3 is 10.4 Å². The number of carbonyl (C=O) groups excluding carboxylic acids is 1. The highest BCUT2D eigenvalue weighted by Gasteiger charge is 2.56. The van der Waals surface area contributed by atoms with Gasteiger partial charge in [-0.15, -0.1) is 0 Å². The standard InChI is InChI=1S/C16H17F3N4O2/c1-15(19,14(24)22-11-3-4-11)16(25,7-23-9-20-8-21-23)12-5-2-10(17)6-13(12)18/h2,5-6,8-9,11,25H,3-4,7H2,1H3,(H,22,24). The lowest BCUT2D eigenvalue weighted by Gasteiger charge is -2.38. The molecule has 0 aliphatic heterocycles. The first kappa shape index (κ1) is 17.4. The van der Waals surface area contributed by atoms with E-state index in [0.29, 0.717) is 18.9 Å². The van der Waals surface area contributed by atoms with Crippen molar-refractivity contribution in [2.45, 2.75) is 43.6 Å². The van der Waals surface area contributed by atoms with Crippen LogP contribution in [0.25, 0.3) is 0 Å². The van der Waals surface area contributed by atoms with Gasteiger partial charge in [0.25, 0.3) is 5.91 Å². The lowest BCUT2D eigenvalue weighted by atomic mass is 9.78. The van der Waals surface area contributed by atoms with Crippen molar-refractivity contribution in [1.82, 2.24) is 20.1 Å². The molecule has 1 fully saturated rings. The maximum atomic E-state index is 15.5. The molecule has 2 N–H and O–H groups in total. The maximum absolute atomic E-state index is 15.5. The number of nitrogens with one attached hydrogen (secondary N) is 1. The van der Waals surface area contributed by atoms with Gasteiger partial charge in [0.2, 0.25) is 5.67 Å². The SMILES string of the molecule is CC(F)(C(=O)NC1CC1)C(O)(Cn1cncn1)c1ccc(F)cc1F. The van der Waals surface area contributed by atoms with Crippen molar-refractivity contribution in [3.05, 3.63) is 48.1 Å². The predicted octanol–water partition coefficient (Wildman–Crippen LogP) is 1.45. The number of benzene rings is 1. The summed E-state index contributed by atoms with van der Waals surface area (Å²) >= 11 is 0. The van der Waals surface area contributed by atoms with Crippen LogP contribution in [0.5, 0.6) is 0 Å². The smallest absolute Gasteiger partial charge is 0.261 e. The highest BCUT2D eigenvalue weighted by Crippen LogP contribution is 2.40. The number of amides is 1. The number of halogens is 3. The summed E-state index contributed by atoms with van der Waals surface area (Å²) in [5.41, 5.74) is -6.07. The molecule has 0 spiro atoms. The van der Waals surface area contributed by atoms with Crippen molar-refractivity contribution < 1.29 is 23.1 Å². The van der Waals surface area contributed by atoms with Crippen LogP contribution in [-0.4, -0.2) is 37.5 Å². The lowest BCUT2D eigenvalue weighted by Crippen LogP contribution is -2.58. The number of carbonyl (C=O) groups is 1. The Labute approximate surface area is 141 Å². The first-order chi connectivity index (χ1) is 11.7. The van der Waals surface area contributed by atoms with Crippen LogP contribution in [0.2, 0.25) is 0 Å². The summed E-state index contributed by atoms with van der Waals surface area (Å²) < 4.78 is 44.1. The highest BCUT2D eigenvalue weighted by molar-refractivity contribution is 5.87. The van der Waals surface area contributed by atoms with E-state index in [1.807, 2.05) is 0 Å². The molecule has 1 aliphatic carbocycles. The van der Waals surface area contributed by atoms with Gasteiger partial charge in [-0.3, -0.25) is 4.79 Å². The number of aliphatic hydroxyl groups is 1. The summed E-state index contributed by atoms with van der Waals surface area (Å²) in [6.07, 6.45) is 3.78. The molecule has 0 bridgehead atoms. The Morgan fingerprint density at radius 2 is 2.16 bits per heavy atom. The largest absolute Gasteiger partial charge is 0.379 e. The molecule has 1 aromatic heterocycles. The van der Waals surface area contributed by atoms with E-state index in [2.05, 4.69) is 15.4 Å². The quantitative estimate of drug-likeness (QED) is 0.823. The second kappa shape index (κ2) is 6.14. The molecule has 1 saturated carbocycles. The van der Waals surface area contributed by atoms with Crippen LogP contribution in [0.4, 0.5) is 13.2 Å². The number of rotatable bonds is 6. The molecule has 6 nitrogen and oxygen atoms in total. The molecule has 1 aliphatic rings. The summed E-state index contributed by atoms with van der Waals surface area (Å²) in [5, 5.41) is 17.3. The maximum Gasteiger partial charge on any atom is 0.261 e. The Bertz CT molecular complexity index is 778. The average Bonchev–Trinajstić information content (AvgIpc) is 3.20. The van der Waals surface area contributed by atoms with Crippen LogP contribution < -0.4 is 5.32 Å². The molecule has 2 unspecified atom stereocenters. The molecule has 134 valence electrons. The fourth-order valence-electron chi connectivity index (χ4n) is 2.60. The normalized spacial score (nSPS) is 19.1. The topological polar surface area (TPSA) is 80.0 Å². The van der Waals surface area contributed by atoms with Gasteiger partial charge in [-0.05, 0) is 25.8 Å². The van der Waals surface area contributed by atoms with Gasteiger partial charge in [0.1, 0.15) is 24.3 Å². The zero-order chi connectivity index (χ0) is 18.2. The molecule has 1 amide bonds. The monoisotopic (exact) mass is 354 g/mol. The molecule has 3 rings (SSSR count). The summed E-state index contributed by atoms with van der Waals surface area (Å²) in [4.78, 5) is 16.0. The van der Waals surface area contributed by atoms with Gasteiger partial charge in [0.15, 0.2) is 5.60 Å². The molecule has 1 heterocycles. The van der Waals surface area contributed by atoms with E-state index in [-0.39, 0.29) is 6.04 Å². The fourth-order valence-corrected chi connectivity index (χ4v) is 2.60. The minimum atomic E-state index is -2.90. The summed E-state index contributed by atoms with van der Waals surface area (Å²) in [5.74, 6) is -3.11. The Morgan fingerprint density at radius 1 is 1.44 bits per heavy atom. The number of nitrogens with zero attached hydrogens (tertiary/aromatic N) is 3. The minimum absolute atomic E-state index is 0.156. The Morgan fingerprint density at radius 3 is 2.72 bits per heavy atom. The van der Waals surface area contributed by atoms with Crippen LogP contribution in [0.1, 0.15) is 25.3 Å². The van der Waals surface area contributed by atoms with Gasteiger partial charge in [-0.1, -0.05) is 6.07 Å². The van der Waals surface area contributed by atoms with Gasteiger partial charge in [-0.2, -0.15) is 5.10 Å². The van der Waals surface area contributed by atoms with E-state index in [1.165, 1.54) is 6.33 Å². The Balaban J connectivity index is 2.05. The zero-order valence-electron chi connectivity index (χ0n) is 13.4. The van der Waals surface area contributed by atoms with Crippen LogP contribution in [0.3, 0.4) is 0 Å². The van der Waals surface area contributed by atoms with E-state index < -0.39 is 40.9 Å². The molecule has 1 aromatic carbocycles. The van der Waals surface area contributed by atoms with Crippen molar-refractivity contribution >= 4 is 5.91 Å². The number of aromatic nitrogens is 3. The number of hydrogen-bond acceptors (Lipinski definition) is 4. The van der Waals surface area contributed by atoms with Crippen molar-refractivity contribution in [3.63, 3.8) is 0 Å². The predicted molar refractivity (Wildman–Crippen MR) is 81.0 cm³/mol.